The molecule has 1 amide bonds. The summed E-state index contributed by atoms with van der Waals surface area (Å²) in [6.07, 6.45) is 0.906. The first-order chi connectivity index (χ1) is 8.61. The third-order valence-electron chi connectivity index (χ3n) is 3.18. The molecule has 1 aliphatic heterocycles. The van der Waals surface area contributed by atoms with Gasteiger partial charge in [0.25, 0.3) is 5.91 Å². The molecule has 0 spiro atoms. The highest BCUT2D eigenvalue weighted by Crippen LogP contribution is 2.22. The van der Waals surface area contributed by atoms with E-state index in [1.807, 2.05) is 6.92 Å². The predicted octanol–water partition coefficient (Wildman–Crippen LogP) is 1.18. The third-order valence-corrected chi connectivity index (χ3v) is 3.18. The van der Waals surface area contributed by atoms with Gasteiger partial charge >= 0.3 is 0 Å². The van der Waals surface area contributed by atoms with Crippen LogP contribution >= 0.6 is 0 Å². The minimum Gasteiger partial charge on any atom is -0.495 e. The molecule has 1 heterocycles. The summed E-state index contributed by atoms with van der Waals surface area (Å²) in [5.41, 5.74) is 6.77. The van der Waals surface area contributed by atoms with Gasteiger partial charge in [-0.25, -0.2) is 0 Å². The first kappa shape index (κ1) is 12.7. The van der Waals surface area contributed by atoms with E-state index in [0.29, 0.717) is 23.6 Å². The lowest BCUT2D eigenvalue weighted by molar-refractivity contribution is 0.0866. The van der Waals surface area contributed by atoms with Crippen molar-refractivity contribution in [3.8, 4) is 5.75 Å². The van der Waals surface area contributed by atoms with Crippen LogP contribution in [0, 0.1) is 0 Å². The highest BCUT2D eigenvalue weighted by molar-refractivity contribution is 5.95. The van der Waals surface area contributed by atoms with Gasteiger partial charge in [0.2, 0.25) is 0 Å². The quantitative estimate of drug-likeness (QED) is 0.790. The average molecular weight is 250 g/mol. The molecule has 1 saturated heterocycles. The Morgan fingerprint density at radius 3 is 2.89 bits per heavy atom. The molecular formula is C13H18N2O3. The second-order valence-electron chi connectivity index (χ2n) is 4.40. The first-order valence-corrected chi connectivity index (χ1v) is 5.98. The smallest absolute Gasteiger partial charge is 0.251 e. The Bertz CT molecular complexity index is 448. The van der Waals surface area contributed by atoms with Crippen molar-refractivity contribution < 1.29 is 14.3 Å². The van der Waals surface area contributed by atoms with Crippen molar-refractivity contribution in [1.29, 1.82) is 0 Å². The molecule has 18 heavy (non-hydrogen) atoms. The molecule has 0 saturated carbocycles. The van der Waals surface area contributed by atoms with Crippen LogP contribution in [0.4, 0.5) is 5.69 Å². The molecule has 0 radical (unpaired) electrons. The number of benzene rings is 1. The van der Waals surface area contributed by atoms with Gasteiger partial charge in [-0.1, -0.05) is 0 Å². The van der Waals surface area contributed by atoms with Crippen molar-refractivity contribution in [3.05, 3.63) is 23.8 Å². The van der Waals surface area contributed by atoms with Gasteiger partial charge in [0.15, 0.2) is 0 Å². The fraction of sp³-hybridized carbons (Fsp3) is 0.462. The van der Waals surface area contributed by atoms with E-state index in [1.165, 1.54) is 0 Å². The number of methoxy groups -OCH3 is 1. The van der Waals surface area contributed by atoms with E-state index in [9.17, 15) is 4.79 Å². The summed E-state index contributed by atoms with van der Waals surface area (Å²) in [7, 11) is 1.54. The summed E-state index contributed by atoms with van der Waals surface area (Å²) in [4.78, 5) is 12.0. The molecule has 98 valence electrons. The summed E-state index contributed by atoms with van der Waals surface area (Å²) in [6.45, 7) is 2.65. The van der Waals surface area contributed by atoms with Crippen molar-refractivity contribution in [2.24, 2.45) is 0 Å². The van der Waals surface area contributed by atoms with Crippen LogP contribution in [0.1, 0.15) is 23.7 Å². The first-order valence-electron chi connectivity index (χ1n) is 5.98. The molecule has 2 unspecified atom stereocenters. The lowest BCUT2D eigenvalue weighted by Gasteiger charge is -2.16. The number of nitrogens with two attached hydrogens (primary N) is 1. The van der Waals surface area contributed by atoms with E-state index in [-0.39, 0.29) is 18.1 Å². The average Bonchev–Trinajstić information content (AvgIpc) is 2.75. The summed E-state index contributed by atoms with van der Waals surface area (Å²) in [5.74, 6) is 0.441. The molecule has 5 heteroatoms. The Morgan fingerprint density at radius 1 is 1.56 bits per heavy atom. The zero-order valence-electron chi connectivity index (χ0n) is 10.6. The van der Waals surface area contributed by atoms with Crippen LogP contribution in [0.5, 0.6) is 5.75 Å². The minimum absolute atomic E-state index is 0.0598. The fourth-order valence-corrected chi connectivity index (χ4v) is 2.05. The lowest BCUT2D eigenvalue weighted by atomic mass is 10.1. The molecule has 3 N–H and O–H groups in total. The van der Waals surface area contributed by atoms with E-state index in [1.54, 1.807) is 25.3 Å². The summed E-state index contributed by atoms with van der Waals surface area (Å²) < 4.78 is 10.5. The van der Waals surface area contributed by atoms with Gasteiger partial charge in [0.05, 0.1) is 24.9 Å². The predicted molar refractivity (Wildman–Crippen MR) is 68.7 cm³/mol. The van der Waals surface area contributed by atoms with Crippen LogP contribution in [0.3, 0.4) is 0 Å². The third kappa shape index (κ3) is 2.56. The Labute approximate surface area is 106 Å². The SMILES string of the molecule is COc1ccc(C(=O)NC2CCOC2C)cc1N. The van der Waals surface area contributed by atoms with Crippen LogP contribution in [0.25, 0.3) is 0 Å². The number of carbonyl (C=O) groups is 1. The maximum absolute atomic E-state index is 12.0. The van der Waals surface area contributed by atoms with Gasteiger partial charge < -0.3 is 20.5 Å². The molecule has 2 rings (SSSR count). The largest absolute Gasteiger partial charge is 0.495 e. The van der Waals surface area contributed by atoms with Crippen LogP contribution in [-0.2, 0) is 4.74 Å². The van der Waals surface area contributed by atoms with Crippen LogP contribution in [0.15, 0.2) is 18.2 Å². The second-order valence-corrected chi connectivity index (χ2v) is 4.40. The van der Waals surface area contributed by atoms with Crippen molar-refractivity contribution in [2.45, 2.75) is 25.5 Å². The van der Waals surface area contributed by atoms with Gasteiger partial charge in [0, 0.05) is 12.2 Å². The number of amides is 1. The minimum atomic E-state index is -0.133. The molecule has 0 aliphatic carbocycles. The van der Waals surface area contributed by atoms with Crippen molar-refractivity contribution in [3.63, 3.8) is 0 Å². The molecule has 1 aromatic rings. The van der Waals surface area contributed by atoms with Crippen LogP contribution in [0.2, 0.25) is 0 Å². The standard InChI is InChI=1S/C13H18N2O3/c1-8-11(5-6-18-8)15-13(16)9-3-4-12(17-2)10(14)7-9/h3-4,7-8,11H,5-6,14H2,1-2H3,(H,15,16). The number of carbonyl (C=O) groups excluding carboxylic acids is 1. The normalized spacial score (nSPS) is 22.8. The van der Waals surface area contributed by atoms with Crippen molar-refractivity contribution in [2.75, 3.05) is 19.5 Å². The molecule has 2 atom stereocenters. The van der Waals surface area contributed by atoms with E-state index in [0.717, 1.165) is 6.42 Å². The molecule has 1 fully saturated rings. The van der Waals surface area contributed by atoms with Crippen molar-refractivity contribution in [1.82, 2.24) is 5.32 Å². The fourth-order valence-electron chi connectivity index (χ4n) is 2.05. The van der Waals surface area contributed by atoms with Crippen LogP contribution in [-0.4, -0.2) is 31.8 Å². The zero-order valence-corrected chi connectivity index (χ0v) is 10.6. The number of hydrogen-bond donors (Lipinski definition) is 2. The highest BCUT2D eigenvalue weighted by atomic mass is 16.5. The van der Waals surface area contributed by atoms with Gasteiger partial charge in [0.1, 0.15) is 5.75 Å². The van der Waals surface area contributed by atoms with E-state index >= 15 is 0 Å². The Balaban J connectivity index is 2.07. The maximum atomic E-state index is 12.0. The number of nitrogens with one attached hydrogen (secondary N) is 1. The molecule has 1 aliphatic rings. The van der Waals surface area contributed by atoms with Gasteiger partial charge in [-0.2, -0.15) is 0 Å². The number of rotatable bonds is 3. The molecule has 1 aromatic carbocycles. The second kappa shape index (κ2) is 5.27. The molecule has 0 aromatic heterocycles. The van der Waals surface area contributed by atoms with E-state index in [2.05, 4.69) is 5.32 Å². The number of hydrogen-bond acceptors (Lipinski definition) is 4. The summed E-state index contributed by atoms with van der Waals surface area (Å²) >= 11 is 0. The summed E-state index contributed by atoms with van der Waals surface area (Å²) in [5, 5.41) is 2.95. The topological polar surface area (TPSA) is 73.6 Å². The zero-order chi connectivity index (χ0) is 13.1. The van der Waals surface area contributed by atoms with E-state index in [4.69, 9.17) is 15.2 Å². The van der Waals surface area contributed by atoms with Gasteiger partial charge in [-0.15, -0.1) is 0 Å². The number of anilines is 1. The Hall–Kier alpha value is -1.75. The van der Waals surface area contributed by atoms with Gasteiger partial charge in [-0.3, -0.25) is 4.79 Å². The van der Waals surface area contributed by atoms with Crippen LogP contribution < -0.4 is 15.8 Å². The highest BCUT2D eigenvalue weighted by Gasteiger charge is 2.26. The van der Waals surface area contributed by atoms with Gasteiger partial charge in [-0.05, 0) is 31.5 Å². The monoisotopic (exact) mass is 250 g/mol. The molecule has 5 nitrogen and oxygen atoms in total. The van der Waals surface area contributed by atoms with Crippen molar-refractivity contribution >= 4 is 11.6 Å². The number of nitrogen functional groups attached to an aromatic ring is 1. The molecule has 0 bridgehead atoms. The Kier molecular flexibility index (Phi) is 3.72. The summed E-state index contributed by atoms with van der Waals surface area (Å²) in [6, 6.07) is 5.08. The Morgan fingerprint density at radius 2 is 2.33 bits per heavy atom. The maximum Gasteiger partial charge on any atom is 0.251 e. The van der Waals surface area contributed by atoms with E-state index < -0.39 is 0 Å². The number of ether oxygens (including phenoxy) is 2. The molecular weight excluding hydrogens is 232 g/mol. The lowest BCUT2D eigenvalue weighted by Crippen LogP contribution is -2.39.